The van der Waals surface area contributed by atoms with Crippen LogP contribution >= 0.6 is 0 Å². The van der Waals surface area contributed by atoms with E-state index in [0.717, 1.165) is 28.7 Å². The molecule has 0 fully saturated rings. The zero-order valence-corrected chi connectivity index (χ0v) is 16.5. The number of benzene rings is 3. The third-order valence-corrected chi connectivity index (χ3v) is 6.78. The van der Waals surface area contributed by atoms with Crippen LogP contribution in [0.15, 0.2) is 78.9 Å². The molecule has 0 aromatic heterocycles. The summed E-state index contributed by atoms with van der Waals surface area (Å²) in [6.45, 7) is 4.18. The summed E-state index contributed by atoms with van der Waals surface area (Å²) in [6, 6.07) is 26.4. The molecule has 136 valence electrons. The molecule has 0 unspecified atom stereocenters. The molecule has 0 N–H and O–H groups in total. The third-order valence-electron chi connectivity index (χ3n) is 4.77. The lowest BCUT2D eigenvalue weighted by Gasteiger charge is -2.30. The Morgan fingerprint density at radius 1 is 0.852 bits per heavy atom. The lowest BCUT2D eigenvalue weighted by atomic mass is 9.88. The monoisotopic (exact) mass is 374 g/mol. The molecule has 0 saturated heterocycles. The predicted octanol–water partition coefficient (Wildman–Crippen LogP) is 5.45. The van der Waals surface area contributed by atoms with Gasteiger partial charge in [-0.1, -0.05) is 66.7 Å². The molecule has 1 heterocycles. The first kappa shape index (κ1) is 17.6. The zero-order valence-electron chi connectivity index (χ0n) is 15.5. The molecule has 3 aromatic rings. The Morgan fingerprint density at radius 3 is 1.96 bits per heavy atom. The Kier molecular flexibility index (Phi) is 4.58. The number of carbonyl (C=O) groups is 1. The Morgan fingerprint density at radius 2 is 1.37 bits per heavy atom. The molecule has 0 spiro atoms. The van der Waals surface area contributed by atoms with Gasteiger partial charge in [0, 0.05) is 17.2 Å². The second-order valence-corrected chi connectivity index (χ2v) is 11.5. The van der Waals surface area contributed by atoms with E-state index in [1.165, 1.54) is 5.56 Å². The highest BCUT2D eigenvalue weighted by molar-refractivity contribution is 6.72. The molecule has 0 amide bonds. The first-order valence-corrected chi connectivity index (χ1v) is 12.3. The van der Waals surface area contributed by atoms with Crippen molar-refractivity contribution < 1.29 is 14.0 Å². The van der Waals surface area contributed by atoms with E-state index < -0.39 is 14.2 Å². The number of ether oxygens (including phenoxy) is 1. The number of carbonyl (C=O) groups excluding carboxylic acids is 1. The van der Waals surface area contributed by atoms with Gasteiger partial charge < -0.3 is 9.16 Å². The average Bonchev–Trinajstić information content (AvgIpc) is 2.66. The minimum Gasteiger partial charge on any atom is -0.519 e. The molecule has 0 aliphatic carbocycles. The van der Waals surface area contributed by atoms with Crippen LogP contribution in [-0.2, 0) is 15.3 Å². The van der Waals surface area contributed by atoms with Gasteiger partial charge in [0.25, 0.3) is 8.32 Å². The van der Waals surface area contributed by atoms with Crippen LogP contribution in [0.5, 0.6) is 11.5 Å². The van der Waals surface area contributed by atoms with Gasteiger partial charge in [-0.2, -0.15) is 0 Å². The van der Waals surface area contributed by atoms with Crippen LogP contribution in [0.2, 0.25) is 13.1 Å². The van der Waals surface area contributed by atoms with Gasteiger partial charge in [0.1, 0.15) is 17.4 Å². The fourth-order valence-corrected chi connectivity index (χ4v) is 5.57. The van der Waals surface area contributed by atoms with Crippen molar-refractivity contribution in [1.29, 1.82) is 0 Å². The minimum absolute atomic E-state index is 0.189. The molecule has 1 aliphatic heterocycles. The third kappa shape index (κ3) is 3.66. The van der Waals surface area contributed by atoms with Crippen molar-refractivity contribution in [1.82, 2.24) is 0 Å². The molecular formula is C23H22O3Si. The normalized spacial score (nSPS) is 13.3. The smallest absolute Gasteiger partial charge is 0.304 e. The van der Waals surface area contributed by atoms with Crippen molar-refractivity contribution in [3.63, 3.8) is 0 Å². The Bertz CT molecular complexity index is 921. The fraction of sp³-hybridized carbons (Fsp3) is 0.174. The maximum absolute atomic E-state index is 13.3. The number of para-hydroxylation sites is 2. The molecule has 0 atom stereocenters. The van der Waals surface area contributed by atoms with Crippen molar-refractivity contribution in [3.8, 4) is 11.5 Å². The van der Waals surface area contributed by atoms with E-state index in [9.17, 15) is 4.79 Å². The van der Waals surface area contributed by atoms with Crippen LogP contribution in [0.3, 0.4) is 0 Å². The molecule has 3 aromatic carbocycles. The van der Waals surface area contributed by atoms with Gasteiger partial charge in [-0.3, -0.25) is 4.79 Å². The van der Waals surface area contributed by atoms with E-state index in [-0.39, 0.29) is 5.97 Å². The number of hydrogen-bond donors (Lipinski definition) is 0. The van der Waals surface area contributed by atoms with Crippen LogP contribution in [0.1, 0.15) is 22.6 Å². The van der Waals surface area contributed by atoms with E-state index in [1.807, 2.05) is 66.7 Å². The Balaban J connectivity index is 1.64. The highest BCUT2D eigenvalue weighted by atomic mass is 28.4. The molecule has 3 nitrogen and oxygen atoms in total. The van der Waals surface area contributed by atoms with E-state index >= 15 is 0 Å². The first-order valence-electron chi connectivity index (χ1n) is 9.16. The standard InChI is InChI=1S/C23H22O3Si/c1-27(2,16-17-10-4-3-5-11-17)26-23(24)22-18-12-6-8-14-20(18)25-21-15-9-7-13-19(21)22/h3-15,22H,16H2,1-2H3. The molecule has 1 aliphatic rings. The summed E-state index contributed by atoms with van der Waals surface area (Å²) >= 11 is 0. The fourth-order valence-electron chi connectivity index (χ4n) is 3.62. The van der Waals surface area contributed by atoms with Gasteiger partial charge in [-0.15, -0.1) is 0 Å². The largest absolute Gasteiger partial charge is 0.519 e. The molecule has 0 radical (unpaired) electrons. The molecule has 0 saturated carbocycles. The van der Waals surface area contributed by atoms with Crippen molar-refractivity contribution >= 4 is 14.3 Å². The summed E-state index contributed by atoms with van der Waals surface area (Å²) < 4.78 is 12.1. The number of rotatable bonds is 4. The van der Waals surface area contributed by atoms with Crippen LogP contribution in [-0.4, -0.2) is 14.3 Å². The summed E-state index contributed by atoms with van der Waals surface area (Å²) in [5, 5.41) is 0. The maximum Gasteiger partial charge on any atom is 0.304 e. The second-order valence-electron chi connectivity index (χ2n) is 7.45. The molecular weight excluding hydrogens is 352 g/mol. The van der Waals surface area contributed by atoms with Gasteiger partial charge >= 0.3 is 5.97 Å². The highest BCUT2D eigenvalue weighted by Gasteiger charge is 2.37. The van der Waals surface area contributed by atoms with Crippen molar-refractivity contribution in [2.45, 2.75) is 25.1 Å². The van der Waals surface area contributed by atoms with Crippen LogP contribution < -0.4 is 4.74 Å². The summed E-state index contributed by atoms with van der Waals surface area (Å²) in [4.78, 5) is 13.3. The van der Waals surface area contributed by atoms with Crippen LogP contribution in [0.25, 0.3) is 0 Å². The number of hydrogen-bond acceptors (Lipinski definition) is 3. The van der Waals surface area contributed by atoms with E-state index in [1.54, 1.807) is 0 Å². The predicted molar refractivity (Wildman–Crippen MR) is 109 cm³/mol. The maximum atomic E-state index is 13.3. The summed E-state index contributed by atoms with van der Waals surface area (Å²) in [5.41, 5.74) is 2.94. The SMILES string of the molecule is C[Si](C)(Cc1ccccc1)OC(=O)C1c2ccccc2Oc2ccccc21. The zero-order chi connectivity index (χ0) is 18.9. The Hall–Kier alpha value is -2.85. The lowest BCUT2D eigenvalue weighted by molar-refractivity contribution is -0.136. The van der Waals surface area contributed by atoms with Crippen molar-refractivity contribution in [3.05, 3.63) is 95.6 Å². The lowest BCUT2D eigenvalue weighted by Crippen LogP contribution is -2.38. The summed E-state index contributed by atoms with van der Waals surface area (Å²) in [6.07, 6.45) is 0. The Labute approximate surface area is 160 Å². The quantitative estimate of drug-likeness (QED) is 0.569. The van der Waals surface area contributed by atoms with Crippen LogP contribution in [0, 0.1) is 0 Å². The topological polar surface area (TPSA) is 35.5 Å². The van der Waals surface area contributed by atoms with Crippen molar-refractivity contribution in [2.75, 3.05) is 0 Å². The summed E-state index contributed by atoms with van der Waals surface area (Å²) in [5.74, 6) is 0.806. The summed E-state index contributed by atoms with van der Waals surface area (Å²) in [7, 11) is -2.22. The van der Waals surface area contributed by atoms with Gasteiger partial charge in [0.15, 0.2) is 0 Å². The average molecular weight is 375 g/mol. The van der Waals surface area contributed by atoms with E-state index in [2.05, 4.69) is 25.2 Å². The van der Waals surface area contributed by atoms with Gasteiger partial charge in [-0.05, 0) is 30.8 Å². The highest BCUT2D eigenvalue weighted by Crippen LogP contribution is 2.44. The minimum atomic E-state index is -2.22. The van der Waals surface area contributed by atoms with E-state index in [0.29, 0.717) is 0 Å². The number of fused-ring (bicyclic) bond motifs is 2. The molecule has 4 heteroatoms. The first-order chi connectivity index (χ1) is 13.0. The van der Waals surface area contributed by atoms with Gasteiger partial charge in [0.05, 0.1) is 0 Å². The second kappa shape index (κ2) is 7.04. The molecule has 4 rings (SSSR count). The van der Waals surface area contributed by atoms with E-state index in [4.69, 9.17) is 9.16 Å². The molecule has 27 heavy (non-hydrogen) atoms. The molecule has 0 bridgehead atoms. The van der Waals surface area contributed by atoms with Gasteiger partial charge in [-0.25, -0.2) is 0 Å². The van der Waals surface area contributed by atoms with Crippen molar-refractivity contribution in [2.24, 2.45) is 0 Å². The van der Waals surface area contributed by atoms with Gasteiger partial charge in [0.2, 0.25) is 0 Å². The van der Waals surface area contributed by atoms with Crippen LogP contribution in [0.4, 0.5) is 0 Å².